The van der Waals surface area contributed by atoms with Gasteiger partial charge in [0.05, 0.1) is 10.9 Å². The lowest BCUT2D eigenvalue weighted by Gasteiger charge is -2.10. The molecule has 1 aromatic heterocycles. The van der Waals surface area contributed by atoms with Crippen molar-refractivity contribution < 1.29 is 4.42 Å². The van der Waals surface area contributed by atoms with Crippen molar-refractivity contribution in [1.82, 2.24) is 0 Å². The largest absolute Gasteiger partial charge is 0.456 e. The third-order valence-corrected chi connectivity index (χ3v) is 3.05. The lowest BCUT2D eigenvalue weighted by atomic mass is 10.0. The molecule has 3 heteroatoms. The second-order valence-electron chi connectivity index (χ2n) is 3.70. The van der Waals surface area contributed by atoms with Crippen LogP contribution in [0.25, 0.3) is 17.0 Å². The molecule has 1 aliphatic rings. The predicted octanol–water partition coefficient (Wildman–Crippen LogP) is 2.93. The first-order valence-corrected chi connectivity index (χ1v) is 5.44. The summed E-state index contributed by atoms with van der Waals surface area (Å²) in [5, 5.41) is 0.596. The second-order valence-corrected chi connectivity index (χ2v) is 4.19. The van der Waals surface area contributed by atoms with Gasteiger partial charge < -0.3 is 4.42 Å². The number of hydrogen-bond acceptors (Lipinski definition) is 3. The van der Waals surface area contributed by atoms with Crippen LogP contribution in [0.5, 0.6) is 0 Å². The van der Waals surface area contributed by atoms with Crippen molar-refractivity contribution in [2.75, 3.05) is 0 Å². The lowest BCUT2D eigenvalue weighted by molar-refractivity contribution is 0.588. The van der Waals surface area contributed by atoms with E-state index < -0.39 is 0 Å². The minimum Gasteiger partial charge on any atom is -0.456 e. The van der Waals surface area contributed by atoms with Gasteiger partial charge in [-0.25, -0.2) is 0 Å². The Morgan fingerprint density at radius 3 is 2.94 bits per heavy atom. The molecule has 0 unspecified atom stereocenters. The molecule has 0 N–H and O–H groups in total. The Balaban J connectivity index is 2.52. The van der Waals surface area contributed by atoms with Crippen LogP contribution in [0.15, 0.2) is 39.6 Å². The van der Waals surface area contributed by atoms with E-state index in [1.807, 2.05) is 24.3 Å². The number of fused-ring (bicyclic) bond motifs is 2. The molecule has 78 valence electrons. The van der Waals surface area contributed by atoms with Crippen LogP contribution in [-0.2, 0) is 0 Å². The van der Waals surface area contributed by atoms with Crippen LogP contribution >= 0.6 is 12.2 Å². The van der Waals surface area contributed by atoms with Gasteiger partial charge in [0.15, 0.2) is 0 Å². The minimum atomic E-state index is -0.0220. The Hall–Kier alpha value is -1.74. The van der Waals surface area contributed by atoms with Crippen LogP contribution in [0.2, 0.25) is 0 Å². The number of rotatable bonds is 0. The van der Waals surface area contributed by atoms with Gasteiger partial charge in [-0.1, -0.05) is 30.4 Å². The molecular formula is C13H8O2S. The van der Waals surface area contributed by atoms with E-state index in [1.54, 1.807) is 12.1 Å². The molecule has 1 heterocycles. The van der Waals surface area contributed by atoms with E-state index in [4.69, 9.17) is 16.6 Å². The molecule has 2 nitrogen and oxygen atoms in total. The van der Waals surface area contributed by atoms with Crippen LogP contribution in [0, 0.1) is 0 Å². The fourth-order valence-corrected chi connectivity index (χ4v) is 2.21. The van der Waals surface area contributed by atoms with Gasteiger partial charge >= 0.3 is 0 Å². The van der Waals surface area contributed by atoms with Crippen molar-refractivity contribution in [2.45, 2.75) is 6.42 Å². The Morgan fingerprint density at radius 1 is 1.25 bits per heavy atom. The molecular weight excluding hydrogens is 220 g/mol. The Kier molecular flexibility index (Phi) is 2.01. The molecule has 0 bridgehead atoms. The van der Waals surface area contributed by atoms with Crippen LogP contribution in [-0.4, -0.2) is 4.86 Å². The SMILES string of the molecule is O=c1c2c(oc3ccccc13)C=CCC2=S. The molecule has 0 radical (unpaired) electrons. The number of allylic oxidation sites excluding steroid dienone is 1. The fraction of sp³-hybridized carbons (Fsp3) is 0.0769. The topological polar surface area (TPSA) is 30.2 Å². The maximum absolute atomic E-state index is 12.2. The number of benzene rings is 1. The third kappa shape index (κ3) is 1.25. The van der Waals surface area contributed by atoms with Crippen LogP contribution in [0.3, 0.4) is 0 Å². The van der Waals surface area contributed by atoms with E-state index in [0.29, 0.717) is 33.6 Å². The maximum Gasteiger partial charge on any atom is 0.201 e. The first kappa shape index (κ1) is 9.48. The lowest BCUT2D eigenvalue weighted by Crippen LogP contribution is -2.17. The molecule has 0 saturated carbocycles. The average molecular weight is 228 g/mol. The van der Waals surface area contributed by atoms with Crippen molar-refractivity contribution in [1.29, 1.82) is 0 Å². The zero-order chi connectivity index (χ0) is 11.1. The number of hydrogen-bond donors (Lipinski definition) is 0. The van der Waals surface area contributed by atoms with Gasteiger partial charge in [0, 0.05) is 11.3 Å². The van der Waals surface area contributed by atoms with Gasteiger partial charge in [0.25, 0.3) is 0 Å². The molecule has 2 aromatic rings. The molecule has 0 aliphatic heterocycles. The van der Waals surface area contributed by atoms with E-state index in [9.17, 15) is 4.79 Å². The van der Waals surface area contributed by atoms with E-state index in [-0.39, 0.29) is 5.43 Å². The molecule has 1 aliphatic carbocycles. The highest BCUT2D eigenvalue weighted by Gasteiger charge is 2.18. The normalized spacial score (nSPS) is 14.1. The van der Waals surface area contributed by atoms with Gasteiger partial charge in [-0.2, -0.15) is 0 Å². The highest BCUT2D eigenvalue weighted by molar-refractivity contribution is 7.80. The van der Waals surface area contributed by atoms with Crippen molar-refractivity contribution in [2.24, 2.45) is 0 Å². The average Bonchev–Trinajstić information content (AvgIpc) is 2.29. The zero-order valence-corrected chi connectivity index (χ0v) is 9.21. The number of para-hydroxylation sites is 1. The third-order valence-electron chi connectivity index (χ3n) is 2.68. The second kappa shape index (κ2) is 3.39. The van der Waals surface area contributed by atoms with Gasteiger partial charge in [0.2, 0.25) is 5.43 Å². The summed E-state index contributed by atoms with van der Waals surface area (Å²) >= 11 is 5.20. The highest BCUT2D eigenvalue weighted by atomic mass is 32.1. The summed E-state index contributed by atoms with van der Waals surface area (Å²) in [6, 6.07) is 7.24. The van der Waals surface area contributed by atoms with Crippen LogP contribution in [0.4, 0.5) is 0 Å². The van der Waals surface area contributed by atoms with Gasteiger partial charge in [-0.15, -0.1) is 0 Å². The van der Waals surface area contributed by atoms with E-state index in [2.05, 4.69) is 0 Å². The summed E-state index contributed by atoms with van der Waals surface area (Å²) in [7, 11) is 0. The molecule has 0 amide bonds. The standard InChI is InChI=1S/C13H8O2S/c14-13-8-4-1-2-5-9(8)15-10-6-3-7-11(16)12(10)13/h1-6H,7H2. The quantitative estimate of drug-likeness (QED) is 0.649. The van der Waals surface area contributed by atoms with Gasteiger partial charge in [0.1, 0.15) is 11.3 Å². The van der Waals surface area contributed by atoms with Crippen molar-refractivity contribution in [3.05, 3.63) is 51.9 Å². The Labute approximate surface area is 97.2 Å². The molecule has 3 rings (SSSR count). The monoisotopic (exact) mass is 228 g/mol. The van der Waals surface area contributed by atoms with E-state index >= 15 is 0 Å². The Morgan fingerprint density at radius 2 is 2.06 bits per heavy atom. The first-order chi connectivity index (χ1) is 7.77. The fourth-order valence-electron chi connectivity index (χ4n) is 1.92. The summed E-state index contributed by atoms with van der Waals surface area (Å²) in [5.41, 5.74) is 1.14. The van der Waals surface area contributed by atoms with E-state index in [0.717, 1.165) is 0 Å². The smallest absolute Gasteiger partial charge is 0.201 e. The van der Waals surface area contributed by atoms with Crippen LogP contribution < -0.4 is 5.43 Å². The zero-order valence-electron chi connectivity index (χ0n) is 8.40. The highest BCUT2D eigenvalue weighted by Crippen LogP contribution is 2.21. The van der Waals surface area contributed by atoms with Gasteiger partial charge in [-0.3, -0.25) is 4.79 Å². The summed E-state index contributed by atoms with van der Waals surface area (Å²) in [4.78, 5) is 12.9. The summed E-state index contributed by atoms with van der Waals surface area (Å²) in [6.45, 7) is 0. The summed E-state index contributed by atoms with van der Waals surface area (Å²) < 4.78 is 5.66. The molecule has 0 atom stereocenters. The minimum absolute atomic E-state index is 0.0220. The van der Waals surface area contributed by atoms with Crippen LogP contribution in [0.1, 0.15) is 17.7 Å². The maximum atomic E-state index is 12.2. The molecule has 1 aromatic carbocycles. The molecule has 0 saturated heterocycles. The van der Waals surface area contributed by atoms with Gasteiger partial charge in [-0.05, 0) is 18.2 Å². The summed E-state index contributed by atoms with van der Waals surface area (Å²) in [6.07, 6.45) is 4.38. The molecule has 0 spiro atoms. The van der Waals surface area contributed by atoms with Crippen molar-refractivity contribution in [3.63, 3.8) is 0 Å². The van der Waals surface area contributed by atoms with E-state index in [1.165, 1.54) is 0 Å². The Bertz CT molecular complexity index is 680. The first-order valence-electron chi connectivity index (χ1n) is 5.03. The molecule has 16 heavy (non-hydrogen) atoms. The molecule has 0 fully saturated rings. The summed E-state index contributed by atoms with van der Waals surface area (Å²) in [5.74, 6) is 0.583. The van der Waals surface area contributed by atoms with Crippen molar-refractivity contribution >= 4 is 34.1 Å². The number of thiocarbonyl (C=S) groups is 1. The van der Waals surface area contributed by atoms with Crippen molar-refractivity contribution in [3.8, 4) is 0 Å². The predicted molar refractivity (Wildman–Crippen MR) is 67.8 cm³/mol.